The van der Waals surface area contributed by atoms with Crippen LogP contribution in [0, 0.1) is 0 Å². The normalized spacial score (nSPS) is 10.8. The van der Waals surface area contributed by atoms with Crippen molar-refractivity contribution in [2.24, 2.45) is 0 Å². The molecule has 21 heavy (non-hydrogen) atoms. The highest BCUT2D eigenvalue weighted by molar-refractivity contribution is 9.10. The van der Waals surface area contributed by atoms with E-state index in [4.69, 9.17) is 17.3 Å². The number of carbonyl (C=O) groups excluding carboxylic acids is 1. The fourth-order valence-electron chi connectivity index (χ4n) is 1.86. The first kappa shape index (κ1) is 14.3. The second-order valence-corrected chi connectivity index (χ2v) is 6.64. The molecule has 3 aromatic rings. The monoisotopic (exact) mass is 381 g/mol. The van der Waals surface area contributed by atoms with Gasteiger partial charge in [0.25, 0.3) is 5.91 Å². The molecule has 0 aliphatic carbocycles. The summed E-state index contributed by atoms with van der Waals surface area (Å²) in [7, 11) is 0. The number of carbonyl (C=O) groups is 1. The zero-order chi connectivity index (χ0) is 15.0. The summed E-state index contributed by atoms with van der Waals surface area (Å²) in [6.07, 6.45) is 0. The van der Waals surface area contributed by atoms with Crippen molar-refractivity contribution in [1.82, 2.24) is 4.98 Å². The molecule has 7 heteroatoms. The van der Waals surface area contributed by atoms with Gasteiger partial charge in [-0.1, -0.05) is 22.9 Å². The lowest BCUT2D eigenvalue weighted by molar-refractivity contribution is 0.102. The number of amides is 1. The second-order valence-electron chi connectivity index (χ2n) is 4.32. The van der Waals surface area contributed by atoms with Crippen LogP contribution in [0.3, 0.4) is 0 Å². The molecule has 0 spiro atoms. The first-order valence-electron chi connectivity index (χ1n) is 5.95. The largest absolute Gasteiger partial charge is 0.375 e. The number of anilines is 2. The van der Waals surface area contributed by atoms with Crippen LogP contribution in [0.2, 0.25) is 5.02 Å². The van der Waals surface area contributed by atoms with Crippen molar-refractivity contribution < 1.29 is 4.79 Å². The average Bonchev–Trinajstić information content (AvgIpc) is 2.82. The van der Waals surface area contributed by atoms with Crippen LogP contribution in [-0.4, -0.2) is 10.9 Å². The van der Waals surface area contributed by atoms with E-state index in [1.54, 1.807) is 36.4 Å². The van der Waals surface area contributed by atoms with Gasteiger partial charge < -0.3 is 11.1 Å². The third-order valence-electron chi connectivity index (χ3n) is 2.84. The SMILES string of the molecule is Nc1nc2ccc(C(=O)Nc3ccc(Cl)c(Br)c3)cc2s1. The van der Waals surface area contributed by atoms with Gasteiger partial charge in [-0.2, -0.15) is 0 Å². The molecule has 2 aromatic carbocycles. The lowest BCUT2D eigenvalue weighted by Crippen LogP contribution is -2.11. The number of benzene rings is 2. The molecule has 0 saturated heterocycles. The standard InChI is InChI=1S/C14H9BrClN3OS/c15-9-6-8(2-3-10(9)16)18-13(20)7-1-4-11-12(5-7)21-14(17)19-11/h1-6H,(H2,17,19)(H,18,20). The number of nitrogens with one attached hydrogen (secondary N) is 1. The molecule has 1 aromatic heterocycles. The number of nitrogens with two attached hydrogens (primary N) is 1. The number of hydrogen-bond donors (Lipinski definition) is 2. The van der Waals surface area contributed by atoms with E-state index >= 15 is 0 Å². The maximum absolute atomic E-state index is 12.3. The topological polar surface area (TPSA) is 68.0 Å². The van der Waals surface area contributed by atoms with Crippen LogP contribution < -0.4 is 11.1 Å². The molecule has 106 valence electrons. The lowest BCUT2D eigenvalue weighted by Gasteiger charge is -2.06. The minimum absolute atomic E-state index is 0.196. The van der Waals surface area contributed by atoms with Crippen LogP contribution in [0.25, 0.3) is 10.2 Å². The summed E-state index contributed by atoms with van der Waals surface area (Å²) in [6.45, 7) is 0. The van der Waals surface area contributed by atoms with Gasteiger partial charge in [0, 0.05) is 15.7 Å². The highest BCUT2D eigenvalue weighted by atomic mass is 79.9. The fraction of sp³-hybridized carbons (Fsp3) is 0. The van der Waals surface area contributed by atoms with Gasteiger partial charge in [-0.15, -0.1) is 0 Å². The number of aromatic nitrogens is 1. The summed E-state index contributed by atoms with van der Waals surface area (Å²) in [6, 6.07) is 10.5. The molecule has 0 bridgehead atoms. The zero-order valence-corrected chi connectivity index (χ0v) is 13.7. The van der Waals surface area contributed by atoms with E-state index in [9.17, 15) is 4.79 Å². The highest BCUT2D eigenvalue weighted by Gasteiger charge is 2.10. The molecule has 3 N–H and O–H groups in total. The maximum atomic E-state index is 12.3. The molecule has 1 heterocycles. The minimum Gasteiger partial charge on any atom is -0.375 e. The molecule has 0 unspecified atom stereocenters. The van der Waals surface area contributed by atoms with E-state index in [0.29, 0.717) is 21.4 Å². The van der Waals surface area contributed by atoms with Crippen molar-refractivity contribution >= 4 is 65.8 Å². The molecule has 3 rings (SSSR count). The van der Waals surface area contributed by atoms with Crippen LogP contribution in [0.5, 0.6) is 0 Å². The lowest BCUT2D eigenvalue weighted by atomic mass is 10.2. The Bertz CT molecular complexity index is 849. The maximum Gasteiger partial charge on any atom is 0.255 e. The van der Waals surface area contributed by atoms with Crippen molar-refractivity contribution in [3.63, 3.8) is 0 Å². The number of nitrogen functional groups attached to an aromatic ring is 1. The smallest absolute Gasteiger partial charge is 0.255 e. The summed E-state index contributed by atoms with van der Waals surface area (Å²) >= 11 is 10.6. The van der Waals surface area contributed by atoms with Crippen LogP contribution in [0.4, 0.5) is 10.8 Å². The van der Waals surface area contributed by atoms with Crippen molar-refractivity contribution in [2.45, 2.75) is 0 Å². The van der Waals surface area contributed by atoms with E-state index in [1.165, 1.54) is 11.3 Å². The summed E-state index contributed by atoms with van der Waals surface area (Å²) < 4.78 is 1.62. The van der Waals surface area contributed by atoms with Crippen molar-refractivity contribution in [1.29, 1.82) is 0 Å². The summed E-state index contributed by atoms with van der Waals surface area (Å²) in [5.74, 6) is -0.196. The van der Waals surface area contributed by atoms with Gasteiger partial charge in [-0.3, -0.25) is 4.79 Å². The molecule has 0 aliphatic heterocycles. The van der Waals surface area contributed by atoms with Gasteiger partial charge in [0.15, 0.2) is 5.13 Å². The minimum atomic E-state index is -0.196. The number of fused-ring (bicyclic) bond motifs is 1. The Labute approximate surface area is 138 Å². The van der Waals surface area contributed by atoms with Gasteiger partial charge in [-0.25, -0.2) is 4.98 Å². The first-order valence-corrected chi connectivity index (χ1v) is 7.94. The molecule has 4 nitrogen and oxygen atoms in total. The van der Waals surface area contributed by atoms with Crippen molar-refractivity contribution in [2.75, 3.05) is 11.1 Å². The van der Waals surface area contributed by atoms with Crippen LogP contribution in [0.15, 0.2) is 40.9 Å². The van der Waals surface area contributed by atoms with Crippen LogP contribution >= 0.6 is 38.9 Å². The van der Waals surface area contributed by atoms with Gasteiger partial charge in [0.05, 0.1) is 15.2 Å². The van der Waals surface area contributed by atoms with E-state index in [-0.39, 0.29) is 5.91 Å². The van der Waals surface area contributed by atoms with Gasteiger partial charge in [0.2, 0.25) is 0 Å². The fourth-order valence-corrected chi connectivity index (χ4v) is 3.13. The molecule has 0 radical (unpaired) electrons. The van der Waals surface area contributed by atoms with E-state index in [1.807, 2.05) is 0 Å². The Hall–Kier alpha value is -1.63. The van der Waals surface area contributed by atoms with Gasteiger partial charge >= 0.3 is 0 Å². The number of halogens is 2. The third-order valence-corrected chi connectivity index (χ3v) is 4.91. The van der Waals surface area contributed by atoms with Gasteiger partial charge in [0.1, 0.15) is 0 Å². The van der Waals surface area contributed by atoms with Crippen molar-refractivity contribution in [3.8, 4) is 0 Å². The predicted octanol–water partition coefficient (Wildman–Crippen LogP) is 4.55. The number of thiazole rings is 1. The quantitative estimate of drug-likeness (QED) is 0.683. The Balaban J connectivity index is 1.87. The first-order chi connectivity index (χ1) is 10.0. The number of rotatable bonds is 2. The van der Waals surface area contributed by atoms with Crippen molar-refractivity contribution in [3.05, 3.63) is 51.5 Å². The number of nitrogens with zero attached hydrogens (tertiary/aromatic N) is 1. The molecule has 1 amide bonds. The second kappa shape index (κ2) is 5.63. The Morgan fingerprint density at radius 1 is 1.29 bits per heavy atom. The van der Waals surface area contributed by atoms with Gasteiger partial charge in [-0.05, 0) is 52.3 Å². The summed E-state index contributed by atoms with van der Waals surface area (Å²) in [4.78, 5) is 16.4. The molecule has 0 saturated carbocycles. The Morgan fingerprint density at radius 3 is 2.86 bits per heavy atom. The molecule has 0 aliphatic rings. The van der Waals surface area contributed by atoms with E-state index < -0.39 is 0 Å². The van der Waals surface area contributed by atoms with Crippen LogP contribution in [-0.2, 0) is 0 Å². The van der Waals surface area contributed by atoms with E-state index in [0.717, 1.165) is 14.7 Å². The van der Waals surface area contributed by atoms with E-state index in [2.05, 4.69) is 26.2 Å². The Kier molecular flexibility index (Phi) is 3.84. The predicted molar refractivity (Wildman–Crippen MR) is 91.1 cm³/mol. The Morgan fingerprint density at radius 2 is 2.10 bits per heavy atom. The summed E-state index contributed by atoms with van der Waals surface area (Å²) in [5, 5.41) is 3.91. The number of hydrogen-bond acceptors (Lipinski definition) is 4. The zero-order valence-electron chi connectivity index (χ0n) is 10.6. The molecule has 0 atom stereocenters. The third kappa shape index (κ3) is 3.02. The molecular weight excluding hydrogens is 374 g/mol. The average molecular weight is 383 g/mol. The molecular formula is C14H9BrClN3OS. The van der Waals surface area contributed by atoms with Crippen LogP contribution in [0.1, 0.15) is 10.4 Å². The highest BCUT2D eigenvalue weighted by Crippen LogP contribution is 2.27. The summed E-state index contributed by atoms with van der Waals surface area (Å²) in [5.41, 5.74) is 7.67. The molecule has 0 fully saturated rings.